The fourth-order valence-corrected chi connectivity index (χ4v) is 4.49. The van der Waals surface area contributed by atoms with Crippen molar-refractivity contribution in [3.05, 3.63) is 0 Å². The molecule has 7 heteroatoms. The van der Waals surface area contributed by atoms with E-state index in [0.29, 0.717) is 45.3 Å². The Labute approximate surface area is 111 Å². The van der Waals surface area contributed by atoms with Gasteiger partial charge < -0.3 is 4.74 Å². The molecule has 0 amide bonds. The lowest BCUT2D eigenvalue weighted by molar-refractivity contribution is 0.0694. The van der Waals surface area contributed by atoms with Crippen LogP contribution in [0, 0.1) is 5.92 Å². The minimum absolute atomic E-state index is 0.487. The number of piperidine rings is 1. The molecule has 2 heterocycles. The van der Waals surface area contributed by atoms with Gasteiger partial charge in [0.2, 0.25) is 0 Å². The first-order valence-corrected chi connectivity index (χ1v) is 8.55. The predicted octanol–water partition coefficient (Wildman–Crippen LogP) is 0.670. The van der Waals surface area contributed by atoms with Gasteiger partial charge in [-0.25, -0.2) is 0 Å². The number of hydrogen-bond acceptors (Lipinski definition) is 3. The number of alkyl halides is 1. The maximum Gasteiger partial charge on any atom is 0.282 e. The van der Waals surface area contributed by atoms with Crippen LogP contribution < -0.4 is 0 Å². The van der Waals surface area contributed by atoms with Crippen LogP contribution in [0.2, 0.25) is 0 Å². The second-order valence-electron chi connectivity index (χ2n) is 4.52. The van der Waals surface area contributed by atoms with E-state index < -0.39 is 10.2 Å². The number of hydrogen-bond donors (Lipinski definition) is 0. The lowest BCUT2D eigenvalue weighted by Gasteiger charge is -2.35. The molecule has 0 bridgehead atoms. The van der Waals surface area contributed by atoms with Crippen LogP contribution in [0.3, 0.4) is 0 Å². The van der Waals surface area contributed by atoms with Crippen molar-refractivity contribution in [3.63, 3.8) is 0 Å². The summed E-state index contributed by atoms with van der Waals surface area (Å²) in [7, 11) is -3.25. The summed E-state index contributed by atoms with van der Waals surface area (Å²) >= 11 is 3.46. The van der Waals surface area contributed by atoms with Gasteiger partial charge in [-0.15, -0.1) is 0 Å². The van der Waals surface area contributed by atoms with Crippen LogP contribution in [0.1, 0.15) is 12.8 Å². The van der Waals surface area contributed by atoms with Gasteiger partial charge in [-0.2, -0.15) is 17.0 Å². The van der Waals surface area contributed by atoms with Gasteiger partial charge in [0.1, 0.15) is 0 Å². The minimum atomic E-state index is -3.25. The van der Waals surface area contributed by atoms with E-state index in [1.54, 1.807) is 8.61 Å². The van der Waals surface area contributed by atoms with Crippen LogP contribution in [0.4, 0.5) is 0 Å². The van der Waals surface area contributed by atoms with E-state index in [2.05, 4.69) is 15.9 Å². The molecule has 5 nitrogen and oxygen atoms in total. The zero-order valence-electron chi connectivity index (χ0n) is 9.85. The molecule has 0 aromatic rings. The lowest BCUT2D eigenvalue weighted by atomic mass is 10.0. The normalized spacial score (nSPS) is 26.2. The van der Waals surface area contributed by atoms with Crippen LogP contribution in [-0.2, 0) is 14.9 Å². The van der Waals surface area contributed by atoms with Crippen LogP contribution in [-0.4, -0.2) is 61.8 Å². The highest BCUT2D eigenvalue weighted by Crippen LogP contribution is 2.22. The molecule has 2 aliphatic heterocycles. The van der Waals surface area contributed by atoms with Crippen molar-refractivity contribution in [2.45, 2.75) is 12.8 Å². The molecule has 2 rings (SSSR count). The minimum Gasteiger partial charge on any atom is -0.379 e. The Bertz CT molecular complexity index is 335. The summed E-state index contributed by atoms with van der Waals surface area (Å²) < 4.78 is 33.0. The van der Waals surface area contributed by atoms with Crippen LogP contribution in [0.25, 0.3) is 0 Å². The average molecular weight is 327 g/mol. The molecular formula is C10H19BrN2O3S. The van der Waals surface area contributed by atoms with Gasteiger partial charge in [0, 0.05) is 31.5 Å². The fourth-order valence-electron chi connectivity index (χ4n) is 2.23. The quantitative estimate of drug-likeness (QED) is 0.716. The molecule has 2 saturated heterocycles. The van der Waals surface area contributed by atoms with Crippen molar-refractivity contribution in [3.8, 4) is 0 Å². The smallest absolute Gasteiger partial charge is 0.282 e. The van der Waals surface area contributed by atoms with Crippen LogP contribution in [0.5, 0.6) is 0 Å². The van der Waals surface area contributed by atoms with E-state index in [4.69, 9.17) is 4.74 Å². The van der Waals surface area contributed by atoms with Crippen molar-refractivity contribution in [2.24, 2.45) is 5.92 Å². The summed E-state index contributed by atoms with van der Waals surface area (Å²) in [6.07, 6.45) is 1.91. The fraction of sp³-hybridized carbons (Fsp3) is 1.00. The lowest BCUT2D eigenvalue weighted by Crippen LogP contribution is -2.50. The second-order valence-corrected chi connectivity index (χ2v) is 7.09. The maximum absolute atomic E-state index is 12.3. The molecule has 100 valence electrons. The molecule has 2 fully saturated rings. The Kier molecular flexibility index (Phi) is 4.82. The number of morpholine rings is 1. The van der Waals surface area contributed by atoms with E-state index >= 15 is 0 Å². The Morgan fingerprint density at radius 2 is 1.59 bits per heavy atom. The monoisotopic (exact) mass is 326 g/mol. The van der Waals surface area contributed by atoms with E-state index in [9.17, 15) is 8.42 Å². The van der Waals surface area contributed by atoms with Crippen LogP contribution >= 0.6 is 15.9 Å². The molecule has 0 unspecified atom stereocenters. The van der Waals surface area contributed by atoms with Crippen molar-refractivity contribution >= 4 is 26.1 Å². The van der Waals surface area contributed by atoms with Crippen LogP contribution in [0.15, 0.2) is 0 Å². The second kappa shape index (κ2) is 5.97. The zero-order chi connectivity index (χ0) is 12.3. The molecule has 0 aromatic heterocycles. The summed E-state index contributed by atoms with van der Waals surface area (Å²) in [5.74, 6) is 0.617. The first kappa shape index (κ1) is 13.7. The molecular weight excluding hydrogens is 308 g/mol. The molecule has 0 spiro atoms. The van der Waals surface area contributed by atoms with E-state index in [1.807, 2.05) is 0 Å². The van der Waals surface area contributed by atoms with Gasteiger partial charge in [-0.3, -0.25) is 0 Å². The third-order valence-electron chi connectivity index (χ3n) is 3.41. The Morgan fingerprint density at radius 3 is 2.12 bits per heavy atom. The Balaban J connectivity index is 1.96. The maximum atomic E-state index is 12.3. The molecule has 17 heavy (non-hydrogen) atoms. The van der Waals surface area contributed by atoms with Gasteiger partial charge in [-0.1, -0.05) is 15.9 Å². The highest BCUT2D eigenvalue weighted by Gasteiger charge is 2.33. The number of rotatable bonds is 3. The predicted molar refractivity (Wildman–Crippen MR) is 69.4 cm³/mol. The standard InChI is InChI=1S/C10H19BrN2O3S/c11-9-10-1-3-12(4-2-10)17(14,15)13-5-7-16-8-6-13/h10H,1-9H2. The van der Waals surface area contributed by atoms with Crippen molar-refractivity contribution in [1.82, 2.24) is 8.61 Å². The molecule has 0 aromatic carbocycles. The Morgan fingerprint density at radius 1 is 1.06 bits per heavy atom. The van der Waals surface area contributed by atoms with Gasteiger partial charge in [-0.05, 0) is 18.8 Å². The summed E-state index contributed by atoms with van der Waals surface area (Å²) in [5, 5.41) is 0.971. The van der Waals surface area contributed by atoms with E-state index in [0.717, 1.165) is 18.2 Å². The molecule has 0 aliphatic carbocycles. The van der Waals surface area contributed by atoms with E-state index in [1.165, 1.54) is 0 Å². The van der Waals surface area contributed by atoms with Crippen molar-refractivity contribution in [2.75, 3.05) is 44.7 Å². The van der Waals surface area contributed by atoms with Gasteiger partial charge in [0.25, 0.3) is 10.2 Å². The highest BCUT2D eigenvalue weighted by molar-refractivity contribution is 9.09. The van der Waals surface area contributed by atoms with Crippen molar-refractivity contribution in [1.29, 1.82) is 0 Å². The number of ether oxygens (including phenoxy) is 1. The largest absolute Gasteiger partial charge is 0.379 e. The first-order valence-electron chi connectivity index (χ1n) is 6.03. The summed E-state index contributed by atoms with van der Waals surface area (Å²) in [5.41, 5.74) is 0. The Hall–Kier alpha value is 0.310. The van der Waals surface area contributed by atoms with Gasteiger partial charge >= 0.3 is 0 Å². The third kappa shape index (κ3) is 3.20. The summed E-state index contributed by atoms with van der Waals surface area (Å²) in [6.45, 7) is 3.29. The van der Waals surface area contributed by atoms with E-state index in [-0.39, 0.29) is 0 Å². The van der Waals surface area contributed by atoms with Crippen molar-refractivity contribution < 1.29 is 13.2 Å². The van der Waals surface area contributed by atoms with Gasteiger partial charge in [0.05, 0.1) is 13.2 Å². The first-order chi connectivity index (χ1) is 8.14. The summed E-state index contributed by atoms with van der Waals surface area (Å²) in [4.78, 5) is 0. The molecule has 0 radical (unpaired) electrons. The number of halogens is 1. The van der Waals surface area contributed by atoms with Gasteiger partial charge in [0.15, 0.2) is 0 Å². The highest BCUT2D eigenvalue weighted by atomic mass is 79.9. The zero-order valence-corrected chi connectivity index (χ0v) is 12.2. The molecule has 0 atom stereocenters. The molecule has 2 aliphatic rings. The summed E-state index contributed by atoms with van der Waals surface area (Å²) in [6, 6.07) is 0. The molecule has 0 saturated carbocycles. The topological polar surface area (TPSA) is 49.9 Å². The molecule has 0 N–H and O–H groups in total. The SMILES string of the molecule is O=S(=O)(N1CCOCC1)N1CCC(CBr)CC1. The average Bonchev–Trinajstić information content (AvgIpc) is 2.40. The number of nitrogens with zero attached hydrogens (tertiary/aromatic N) is 2. The third-order valence-corrected chi connectivity index (χ3v) is 6.37.